The first-order chi connectivity index (χ1) is 12.2. The molecule has 3 aromatic rings. The Kier molecular flexibility index (Phi) is 5.09. The molecule has 3 rings (SSSR count). The molecule has 6 heteroatoms. The number of rotatable bonds is 6. The van der Waals surface area contributed by atoms with Crippen molar-refractivity contribution in [2.45, 2.75) is 20.4 Å². The second kappa shape index (κ2) is 7.61. The van der Waals surface area contributed by atoms with Gasteiger partial charge in [-0.05, 0) is 25.5 Å². The quantitative estimate of drug-likeness (QED) is 0.741. The van der Waals surface area contributed by atoms with E-state index in [0.29, 0.717) is 35.9 Å². The zero-order valence-corrected chi connectivity index (χ0v) is 14.3. The zero-order valence-electron chi connectivity index (χ0n) is 14.3. The van der Waals surface area contributed by atoms with Crippen molar-refractivity contribution in [1.82, 2.24) is 15.0 Å². The number of amides is 1. The summed E-state index contributed by atoms with van der Waals surface area (Å²) < 4.78 is 5.03. The van der Waals surface area contributed by atoms with Gasteiger partial charge in [-0.1, -0.05) is 35.5 Å². The van der Waals surface area contributed by atoms with E-state index in [1.165, 1.54) is 0 Å². The lowest BCUT2D eigenvalue weighted by Gasteiger charge is -2.21. The summed E-state index contributed by atoms with van der Waals surface area (Å²) in [6, 6.07) is 13.5. The lowest BCUT2D eigenvalue weighted by molar-refractivity contribution is 0.0752. The van der Waals surface area contributed by atoms with Gasteiger partial charge in [0, 0.05) is 25.4 Å². The van der Waals surface area contributed by atoms with Gasteiger partial charge in [0.05, 0.1) is 17.4 Å². The molecule has 6 nitrogen and oxygen atoms in total. The van der Waals surface area contributed by atoms with Crippen molar-refractivity contribution in [2.24, 2.45) is 0 Å². The second-order valence-corrected chi connectivity index (χ2v) is 5.72. The van der Waals surface area contributed by atoms with E-state index in [-0.39, 0.29) is 5.91 Å². The molecule has 1 aromatic carbocycles. The van der Waals surface area contributed by atoms with Gasteiger partial charge in [0.2, 0.25) is 0 Å². The lowest BCUT2D eigenvalue weighted by atomic mass is 10.2. The van der Waals surface area contributed by atoms with E-state index in [2.05, 4.69) is 15.5 Å². The zero-order chi connectivity index (χ0) is 17.6. The van der Waals surface area contributed by atoms with Crippen LogP contribution in [0.15, 0.2) is 59.4 Å². The molecule has 0 aliphatic heterocycles. The summed E-state index contributed by atoms with van der Waals surface area (Å²) in [5.74, 6) is 1.24. The van der Waals surface area contributed by atoms with Gasteiger partial charge in [-0.15, -0.1) is 0 Å². The molecule has 2 heterocycles. The molecule has 1 amide bonds. The van der Waals surface area contributed by atoms with Crippen molar-refractivity contribution in [3.8, 4) is 0 Å². The molecule has 25 heavy (non-hydrogen) atoms. The van der Waals surface area contributed by atoms with Crippen LogP contribution < -0.4 is 5.32 Å². The summed E-state index contributed by atoms with van der Waals surface area (Å²) in [4.78, 5) is 18.8. The number of nitrogens with zero attached hydrogens (tertiary/aromatic N) is 3. The van der Waals surface area contributed by atoms with Crippen LogP contribution in [0.4, 0.5) is 11.5 Å². The smallest absolute Gasteiger partial charge is 0.255 e. The summed E-state index contributed by atoms with van der Waals surface area (Å²) in [7, 11) is 0. The Balaban J connectivity index is 1.75. The normalized spacial score (nSPS) is 10.5. The van der Waals surface area contributed by atoms with Crippen LogP contribution in [0.5, 0.6) is 0 Å². The van der Waals surface area contributed by atoms with E-state index >= 15 is 0 Å². The molecule has 0 aliphatic carbocycles. The number of hydrogen-bond donors (Lipinski definition) is 1. The summed E-state index contributed by atoms with van der Waals surface area (Å²) in [5, 5.41) is 6.97. The molecular formula is C19H20N4O2. The number of hydrogen-bond acceptors (Lipinski definition) is 5. The van der Waals surface area contributed by atoms with Crippen LogP contribution in [0, 0.1) is 6.92 Å². The predicted octanol–water partition coefficient (Wildman–Crippen LogP) is 3.78. The number of anilines is 2. The van der Waals surface area contributed by atoms with E-state index in [1.54, 1.807) is 29.4 Å². The Morgan fingerprint density at radius 3 is 2.68 bits per heavy atom. The predicted molar refractivity (Wildman–Crippen MR) is 95.6 cm³/mol. The minimum atomic E-state index is -0.0566. The molecule has 128 valence electrons. The number of benzene rings is 1. The van der Waals surface area contributed by atoms with Gasteiger partial charge in [-0.2, -0.15) is 0 Å². The van der Waals surface area contributed by atoms with Crippen molar-refractivity contribution in [3.05, 3.63) is 71.7 Å². The van der Waals surface area contributed by atoms with Crippen molar-refractivity contribution in [3.63, 3.8) is 0 Å². The van der Waals surface area contributed by atoms with Gasteiger partial charge < -0.3 is 14.7 Å². The number of nitrogens with one attached hydrogen (secondary N) is 1. The van der Waals surface area contributed by atoms with Crippen molar-refractivity contribution >= 4 is 17.4 Å². The Morgan fingerprint density at radius 1 is 1.20 bits per heavy atom. The fourth-order valence-corrected chi connectivity index (χ4v) is 2.51. The van der Waals surface area contributed by atoms with Crippen molar-refractivity contribution in [1.29, 1.82) is 0 Å². The number of carbonyl (C=O) groups excluding carboxylic acids is 1. The van der Waals surface area contributed by atoms with Gasteiger partial charge in [0.15, 0.2) is 5.82 Å². The molecule has 0 spiro atoms. The molecule has 2 aromatic heterocycles. The SMILES string of the molecule is CCN(Cc1ccccc1)C(=O)c1cncc(Nc2cc(C)on2)c1. The second-order valence-electron chi connectivity index (χ2n) is 5.72. The molecular weight excluding hydrogens is 316 g/mol. The average molecular weight is 336 g/mol. The summed E-state index contributed by atoms with van der Waals surface area (Å²) in [5.41, 5.74) is 2.32. The molecule has 0 saturated carbocycles. The van der Waals surface area contributed by atoms with Crippen molar-refractivity contribution < 1.29 is 9.32 Å². The fraction of sp³-hybridized carbons (Fsp3) is 0.211. The first-order valence-corrected chi connectivity index (χ1v) is 8.14. The third-order valence-electron chi connectivity index (χ3n) is 3.77. The summed E-state index contributed by atoms with van der Waals surface area (Å²) >= 11 is 0. The van der Waals surface area contributed by atoms with Crippen LogP contribution in [-0.2, 0) is 6.54 Å². The van der Waals surface area contributed by atoms with Crippen LogP contribution in [0.25, 0.3) is 0 Å². The van der Waals surface area contributed by atoms with Crippen LogP contribution in [0.1, 0.15) is 28.6 Å². The molecule has 0 atom stereocenters. The highest BCUT2D eigenvalue weighted by Gasteiger charge is 2.15. The number of pyridine rings is 1. The van der Waals surface area contributed by atoms with E-state index in [9.17, 15) is 4.79 Å². The Morgan fingerprint density at radius 2 is 2.00 bits per heavy atom. The van der Waals surface area contributed by atoms with E-state index in [4.69, 9.17) is 4.52 Å². The van der Waals surface area contributed by atoms with Gasteiger partial charge >= 0.3 is 0 Å². The summed E-state index contributed by atoms with van der Waals surface area (Å²) in [6.45, 7) is 4.97. The van der Waals surface area contributed by atoms with E-state index < -0.39 is 0 Å². The highest BCUT2D eigenvalue weighted by Crippen LogP contribution is 2.18. The van der Waals surface area contributed by atoms with Gasteiger partial charge in [0.25, 0.3) is 5.91 Å². The van der Waals surface area contributed by atoms with Crippen LogP contribution in [-0.4, -0.2) is 27.5 Å². The number of carbonyl (C=O) groups is 1. The first kappa shape index (κ1) is 16.7. The van der Waals surface area contributed by atoms with Crippen LogP contribution >= 0.6 is 0 Å². The topological polar surface area (TPSA) is 71.3 Å². The monoisotopic (exact) mass is 336 g/mol. The largest absolute Gasteiger partial charge is 0.360 e. The Hall–Kier alpha value is -3.15. The maximum Gasteiger partial charge on any atom is 0.255 e. The van der Waals surface area contributed by atoms with Gasteiger partial charge in [-0.25, -0.2) is 0 Å². The molecule has 0 bridgehead atoms. The van der Waals surface area contributed by atoms with Gasteiger partial charge in [0.1, 0.15) is 5.76 Å². The number of aromatic nitrogens is 2. The fourth-order valence-electron chi connectivity index (χ4n) is 2.51. The first-order valence-electron chi connectivity index (χ1n) is 8.14. The van der Waals surface area contributed by atoms with Crippen molar-refractivity contribution in [2.75, 3.05) is 11.9 Å². The molecule has 0 fully saturated rings. The Bertz CT molecular complexity index is 845. The van der Waals surface area contributed by atoms with E-state index in [0.717, 1.165) is 5.56 Å². The lowest BCUT2D eigenvalue weighted by Crippen LogP contribution is -2.30. The minimum Gasteiger partial charge on any atom is -0.360 e. The third-order valence-corrected chi connectivity index (χ3v) is 3.77. The van der Waals surface area contributed by atoms with Crippen LogP contribution in [0.2, 0.25) is 0 Å². The maximum absolute atomic E-state index is 12.8. The highest BCUT2D eigenvalue weighted by molar-refractivity contribution is 5.94. The molecule has 0 unspecified atom stereocenters. The molecule has 1 N–H and O–H groups in total. The average Bonchev–Trinajstić information content (AvgIpc) is 3.05. The number of aryl methyl sites for hydroxylation is 1. The maximum atomic E-state index is 12.8. The standard InChI is InChI=1S/C19H20N4O2/c1-3-23(13-15-7-5-4-6-8-15)19(24)16-10-17(12-20-11-16)21-18-9-14(2)25-22-18/h4-12H,3,13H2,1-2H3,(H,21,22). The molecule has 0 saturated heterocycles. The molecule has 0 radical (unpaired) electrons. The van der Waals surface area contributed by atoms with Crippen LogP contribution in [0.3, 0.4) is 0 Å². The summed E-state index contributed by atoms with van der Waals surface area (Å²) in [6.07, 6.45) is 3.23. The minimum absolute atomic E-state index is 0.0566. The third kappa shape index (κ3) is 4.23. The van der Waals surface area contributed by atoms with E-state index in [1.807, 2.05) is 44.2 Å². The Labute approximate surface area is 146 Å². The molecule has 0 aliphatic rings. The van der Waals surface area contributed by atoms with Gasteiger partial charge in [-0.3, -0.25) is 9.78 Å². The highest BCUT2D eigenvalue weighted by atomic mass is 16.5.